The molecule has 3 N–H and O–H groups in total. The third kappa shape index (κ3) is 3.10. The lowest BCUT2D eigenvalue weighted by molar-refractivity contribution is 0.0943. The lowest BCUT2D eigenvalue weighted by Crippen LogP contribution is -2.24. The summed E-state index contributed by atoms with van der Waals surface area (Å²) in [6, 6.07) is 5.70. The zero-order valence-electron chi connectivity index (χ0n) is 11.6. The molecule has 0 radical (unpaired) electrons. The van der Waals surface area contributed by atoms with Crippen LogP contribution in [0.2, 0.25) is 0 Å². The Morgan fingerprint density at radius 2 is 2.25 bits per heavy atom. The fraction of sp³-hybridized carbons (Fsp3) is 0.267. The number of carbonyl (C=O) groups excluding carboxylic acids is 1. The number of aryl methyl sites for hydroxylation is 1. The average Bonchev–Trinajstić information content (AvgIpc) is 3.02. The van der Waals surface area contributed by atoms with Crippen LogP contribution in [0.4, 0.5) is 0 Å². The van der Waals surface area contributed by atoms with Crippen LogP contribution in [0.5, 0.6) is 0 Å². The number of nitrogens with two attached hydrogens (primary N) is 1. The molecule has 0 saturated carbocycles. The van der Waals surface area contributed by atoms with E-state index in [4.69, 9.17) is 5.73 Å². The quantitative estimate of drug-likeness (QED) is 0.843. The van der Waals surface area contributed by atoms with E-state index in [2.05, 4.69) is 17.2 Å². The molecular formula is C15H17N3OS. The Morgan fingerprint density at radius 1 is 1.45 bits per heavy atom. The number of amides is 1. The predicted octanol–water partition coefficient (Wildman–Crippen LogP) is 1.64. The number of nitrogens with one attached hydrogen (secondary N) is 1. The maximum absolute atomic E-state index is 12.1. The van der Waals surface area contributed by atoms with Crippen molar-refractivity contribution in [2.75, 3.05) is 6.54 Å². The van der Waals surface area contributed by atoms with Gasteiger partial charge in [-0.05, 0) is 30.5 Å². The minimum absolute atomic E-state index is 0.0771. The number of aromatic nitrogens is 1. The van der Waals surface area contributed by atoms with Gasteiger partial charge in [0.05, 0.1) is 13.1 Å². The van der Waals surface area contributed by atoms with Crippen LogP contribution in [0.3, 0.4) is 0 Å². The second-order valence-electron chi connectivity index (χ2n) is 4.37. The van der Waals surface area contributed by atoms with Gasteiger partial charge in [0.1, 0.15) is 5.69 Å². The molecule has 5 heteroatoms. The van der Waals surface area contributed by atoms with Gasteiger partial charge in [-0.25, -0.2) is 0 Å². The molecule has 4 nitrogen and oxygen atoms in total. The first-order valence-corrected chi connectivity index (χ1v) is 7.17. The first-order valence-electron chi connectivity index (χ1n) is 6.29. The van der Waals surface area contributed by atoms with Crippen molar-refractivity contribution in [1.82, 2.24) is 9.88 Å². The molecule has 0 aliphatic rings. The monoisotopic (exact) mass is 287 g/mol. The molecule has 2 rings (SSSR count). The molecule has 0 spiro atoms. The lowest BCUT2D eigenvalue weighted by atomic mass is 10.2. The first-order chi connectivity index (χ1) is 9.63. The van der Waals surface area contributed by atoms with Crippen LogP contribution >= 0.6 is 11.3 Å². The van der Waals surface area contributed by atoms with E-state index in [0.29, 0.717) is 18.8 Å². The van der Waals surface area contributed by atoms with E-state index < -0.39 is 0 Å². The molecule has 0 fully saturated rings. The first kappa shape index (κ1) is 14.4. The molecule has 2 aromatic heterocycles. The zero-order chi connectivity index (χ0) is 14.5. The van der Waals surface area contributed by atoms with Crippen molar-refractivity contribution in [3.05, 3.63) is 45.4 Å². The van der Waals surface area contributed by atoms with Gasteiger partial charge in [0.25, 0.3) is 5.91 Å². The van der Waals surface area contributed by atoms with Crippen LogP contribution in [0.25, 0.3) is 0 Å². The fourth-order valence-corrected chi connectivity index (χ4v) is 2.60. The number of hydrogen-bond acceptors (Lipinski definition) is 3. The Morgan fingerprint density at radius 3 is 2.90 bits per heavy atom. The molecule has 0 bridgehead atoms. The maximum atomic E-state index is 12.1. The summed E-state index contributed by atoms with van der Waals surface area (Å²) in [6.07, 6.45) is 0. The van der Waals surface area contributed by atoms with Crippen molar-refractivity contribution in [2.24, 2.45) is 12.8 Å². The topological polar surface area (TPSA) is 60.1 Å². The van der Waals surface area contributed by atoms with E-state index in [0.717, 1.165) is 16.1 Å². The highest BCUT2D eigenvalue weighted by Crippen LogP contribution is 2.15. The number of rotatable bonds is 3. The van der Waals surface area contributed by atoms with Gasteiger partial charge >= 0.3 is 0 Å². The molecule has 0 saturated heterocycles. The van der Waals surface area contributed by atoms with Crippen molar-refractivity contribution in [3.8, 4) is 11.8 Å². The molecule has 0 aliphatic carbocycles. The predicted molar refractivity (Wildman–Crippen MR) is 81.6 cm³/mol. The van der Waals surface area contributed by atoms with Crippen LogP contribution in [0.1, 0.15) is 26.6 Å². The Hall–Kier alpha value is -2.03. The second-order valence-corrected chi connectivity index (χ2v) is 5.37. The highest BCUT2D eigenvalue weighted by Gasteiger charge is 2.11. The molecule has 0 aliphatic heterocycles. The van der Waals surface area contributed by atoms with Gasteiger partial charge in [-0.15, -0.1) is 11.3 Å². The van der Waals surface area contributed by atoms with Gasteiger partial charge in [-0.1, -0.05) is 11.8 Å². The largest absolute Gasteiger partial charge is 0.346 e. The van der Waals surface area contributed by atoms with Gasteiger partial charge in [0, 0.05) is 23.2 Å². The minimum atomic E-state index is -0.0771. The van der Waals surface area contributed by atoms with Gasteiger partial charge < -0.3 is 15.6 Å². The third-order valence-electron chi connectivity index (χ3n) is 3.09. The summed E-state index contributed by atoms with van der Waals surface area (Å²) in [5, 5.41) is 4.89. The minimum Gasteiger partial charge on any atom is -0.346 e. The van der Waals surface area contributed by atoms with Crippen molar-refractivity contribution < 1.29 is 4.79 Å². The average molecular weight is 287 g/mol. The third-order valence-corrected chi connectivity index (χ3v) is 4.01. The van der Waals surface area contributed by atoms with Gasteiger partial charge in [0.15, 0.2) is 0 Å². The van der Waals surface area contributed by atoms with Crippen LogP contribution in [0, 0.1) is 18.8 Å². The smallest absolute Gasteiger partial charge is 0.268 e. The Bertz CT molecular complexity index is 673. The molecule has 0 unspecified atom stereocenters. The lowest BCUT2D eigenvalue weighted by Gasteiger charge is -2.06. The van der Waals surface area contributed by atoms with E-state index in [1.165, 1.54) is 0 Å². The molecular weight excluding hydrogens is 270 g/mol. The van der Waals surface area contributed by atoms with E-state index in [1.54, 1.807) is 11.3 Å². The number of thiophene rings is 1. The van der Waals surface area contributed by atoms with E-state index in [1.807, 2.05) is 42.1 Å². The number of nitrogens with zero attached hydrogens (tertiary/aromatic N) is 1. The molecule has 2 heterocycles. The molecule has 20 heavy (non-hydrogen) atoms. The summed E-state index contributed by atoms with van der Waals surface area (Å²) in [4.78, 5) is 13.2. The van der Waals surface area contributed by atoms with Crippen molar-refractivity contribution in [2.45, 2.75) is 13.5 Å². The molecule has 0 atom stereocenters. The summed E-state index contributed by atoms with van der Waals surface area (Å²) in [6.45, 7) is 2.79. The van der Waals surface area contributed by atoms with Crippen LogP contribution in [0.15, 0.2) is 23.6 Å². The Kier molecular flexibility index (Phi) is 4.61. The van der Waals surface area contributed by atoms with E-state index in [9.17, 15) is 4.79 Å². The second kappa shape index (κ2) is 6.42. The normalized spacial score (nSPS) is 9.95. The summed E-state index contributed by atoms with van der Waals surface area (Å²) >= 11 is 1.58. The highest BCUT2D eigenvalue weighted by atomic mass is 32.1. The van der Waals surface area contributed by atoms with E-state index >= 15 is 0 Å². The van der Waals surface area contributed by atoms with Crippen LogP contribution in [-0.4, -0.2) is 17.0 Å². The fourth-order valence-electron chi connectivity index (χ4n) is 1.83. The maximum Gasteiger partial charge on any atom is 0.268 e. The standard InChI is InChI=1S/C15H17N3OS/c1-11-5-6-13(18(11)2)15(19)17-10-14-12(4-3-8-16)7-9-20-14/h5-7,9H,8,10,16H2,1-2H3,(H,17,19). The van der Waals surface area contributed by atoms with Crippen LogP contribution in [-0.2, 0) is 13.6 Å². The number of hydrogen-bond donors (Lipinski definition) is 2. The highest BCUT2D eigenvalue weighted by molar-refractivity contribution is 7.10. The summed E-state index contributed by atoms with van der Waals surface area (Å²) in [5.74, 6) is 5.76. The van der Waals surface area contributed by atoms with Crippen LogP contribution < -0.4 is 11.1 Å². The molecule has 104 valence electrons. The Balaban J connectivity index is 2.04. The van der Waals surface area contributed by atoms with Gasteiger partial charge in [-0.2, -0.15) is 0 Å². The van der Waals surface area contributed by atoms with Gasteiger partial charge in [-0.3, -0.25) is 4.79 Å². The van der Waals surface area contributed by atoms with Gasteiger partial charge in [0.2, 0.25) is 0 Å². The summed E-state index contributed by atoms with van der Waals surface area (Å²) in [5.41, 5.74) is 8.02. The van der Waals surface area contributed by atoms with Crippen molar-refractivity contribution in [1.29, 1.82) is 0 Å². The van der Waals surface area contributed by atoms with Crippen molar-refractivity contribution in [3.63, 3.8) is 0 Å². The van der Waals surface area contributed by atoms with E-state index in [-0.39, 0.29) is 5.91 Å². The number of carbonyl (C=O) groups is 1. The summed E-state index contributed by atoms with van der Waals surface area (Å²) < 4.78 is 1.87. The summed E-state index contributed by atoms with van der Waals surface area (Å²) in [7, 11) is 1.88. The van der Waals surface area contributed by atoms with Crippen molar-refractivity contribution >= 4 is 17.2 Å². The zero-order valence-corrected chi connectivity index (χ0v) is 12.4. The molecule has 2 aromatic rings. The Labute approximate surface area is 122 Å². The molecule has 0 aromatic carbocycles. The molecule has 1 amide bonds. The SMILES string of the molecule is Cc1ccc(C(=O)NCc2sccc2C#CCN)n1C.